The SMILES string of the molecule is CC(C)N(C)C1CCC(CS(=O)(=O)c2ccccc2)(N2C(=O)C[C@H](NC(=O)c3cccc(C(F)(F)F)c3)C2=O)CC1. The average molecular weight is 594 g/mol. The lowest BCUT2D eigenvalue weighted by atomic mass is 9.78. The van der Waals surface area contributed by atoms with Crippen LogP contribution in [0.15, 0.2) is 59.5 Å². The van der Waals surface area contributed by atoms with Crippen molar-refractivity contribution < 1.29 is 36.0 Å². The summed E-state index contributed by atoms with van der Waals surface area (Å²) in [5.41, 5.74) is -2.65. The summed E-state index contributed by atoms with van der Waals surface area (Å²) in [4.78, 5) is 43.1. The highest BCUT2D eigenvalue weighted by Gasteiger charge is 2.54. The fourth-order valence-electron chi connectivity index (χ4n) is 5.79. The Bertz CT molecular complexity index is 1400. The highest BCUT2D eigenvalue weighted by molar-refractivity contribution is 7.91. The van der Waals surface area contributed by atoms with Crippen LogP contribution in [0.1, 0.15) is 61.9 Å². The van der Waals surface area contributed by atoms with E-state index in [4.69, 9.17) is 0 Å². The van der Waals surface area contributed by atoms with Crippen molar-refractivity contribution in [2.24, 2.45) is 0 Å². The van der Waals surface area contributed by atoms with Crippen molar-refractivity contribution in [2.75, 3.05) is 12.8 Å². The molecule has 1 saturated heterocycles. The zero-order valence-corrected chi connectivity index (χ0v) is 24.0. The second-order valence-corrected chi connectivity index (χ2v) is 13.2. The van der Waals surface area contributed by atoms with Gasteiger partial charge in [0.1, 0.15) is 6.04 Å². The normalized spacial score (nSPS) is 23.9. The van der Waals surface area contributed by atoms with Gasteiger partial charge in [-0.1, -0.05) is 24.3 Å². The molecule has 0 spiro atoms. The summed E-state index contributed by atoms with van der Waals surface area (Å²) in [6.07, 6.45) is -3.45. The molecule has 1 atom stereocenters. The van der Waals surface area contributed by atoms with E-state index in [1.165, 1.54) is 18.2 Å². The molecule has 41 heavy (non-hydrogen) atoms. The second kappa shape index (κ2) is 11.6. The number of amides is 3. The minimum Gasteiger partial charge on any atom is -0.340 e. The molecule has 12 heteroatoms. The number of hydrogen-bond acceptors (Lipinski definition) is 6. The summed E-state index contributed by atoms with van der Waals surface area (Å²) in [5.74, 6) is -2.77. The van der Waals surface area contributed by atoms with Crippen molar-refractivity contribution in [3.63, 3.8) is 0 Å². The van der Waals surface area contributed by atoms with E-state index in [1.54, 1.807) is 18.2 Å². The third-order valence-electron chi connectivity index (χ3n) is 8.22. The maximum atomic E-state index is 13.7. The Hall–Kier alpha value is -3.25. The van der Waals surface area contributed by atoms with Crippen molar-refractivity contribution in [2.45, 2.75) is 80.7 Å². The van der Waals surface area contributed by atoms with Gasteiger partial charge in [0.25, 0.3) is 11.8 Å². The van der Waals surface area contributed by atoms with Gasteiger partial charge in [-0.2, -0.15) is 13.2 Å². The third kappa shape index (κ3) is 6.48. The van der Waals surface area contributed by atoms with Gasteiger partial charge in [-0.25, -0.2) is 8.42 Å². The van der Waals surface area contributed by atoms with Gasteiger partial charge in [0.15, 0.2) is 9.84 Å². The number of imide groups is 1. The molecule has 4 rings (SSSR count). The lowest BCUT2D eigenvalue weighted by molar-refractivity contribution is -0.147. The van der Waals surface area contributed by atoms with Crippen LogP contribution in [-0.2, 0) is 25.6 Å². The molecule has 2 fully saturated rings. The van der Waals surface area contributed by atoms with E-state index in [0.717, 1.165) is 17.0 Å². The summed E-state index contributed by atoms with van der Waals surface area (Å²) in [7, 11) is -1.93. The molecule has 0 radical (unpaired) electrons. The molecular formula is C29H34F3N3O5S. The average Bonchev–Trinajstić information content (AvgIpc) is 3.21. The number of halogens is 3. The van der Waals surface area contributed by atoms with Crippen LogP contribution in [0.2, 0.25) is 0 Å². The number of likely N-dealkylation sites (tertiary alicyclic amines) is 1. The standard InChI is InChI=1S/C29H34F3N3O5S/c1-19(2)34(3)22-12-14-28(15-13-22,18-41(39,40)23-10-5-4-6-11-23)35-25(36)17-24(27(35)38)33-26(37)20-8-7-9-21(16-20)29(30,31)32/h4-11,16,19,22,24H,12-15,17-18H2,1-3H3,(H,33,37)/t22?,24-,28?/m0/s1. The van der Waals surface area contributed by atoms with Gasteiger partial charge in [0.2, 0.25) is 5.91 Å². The molecule has 1 aliphatic heterocycles. The van der Waals surface area contributed by atoms with Gasteiger partial charge in [-0.05, 0) is 76.9 Å². The maximum absolute atomic E-state index is 13.7. The van der Waals surface area contributed by atoms with Gasteiger partial charge in [0, 0.05) is 17.6 Å². The highest BCUT2D eigenvalue weighted by Crippen LogP contribution is 2.41. The largest absolute Gasteiger partial charge is 0.416 e. The number of nitrogens with one attached hydrogen (secondary N) is 1. The molecular weight excluding hydrogens is 559 g/mol. The van der Waals surface area contributed by atoms with Crippen LogP contribution in [0.25, 0.3) is 0 Å². The van der Waals surface area contributed by atoms with Gasteiger partial charge < -0.3 is 10.2 Å². The van der Waals surface area contributed by atoms with Gasteiger partial charge in [0.05, 0.1) is 28.2 Å². The molecule has 1 heterocycles. The molecule has 2 aromatic carbocycles. The Balaban J connectivity index is 1.61. The van der Waals surface area contributed by atoms with E-state index in [9.17, 15) is 36.0 Å². The molecule has 1 saturated carbocycles. The van der Waals surface area contributed by atoms with Crippen molar-refractivity contribution in [3.05, 3.63) is 65.7 Å². The molecule has 1 aliphatic carbocycles. The van der Waals surface area contributed by atoms with Crippen LogP contribution in [0, 0.1) is 0 Å². The number of nitrogens with zero attached hydrogens (tertiary/aromatic N) is 2. The Morgan fingerprint density at radius 3 is 2.29 bits per heavy atom. The van der Waals surface area contributed by atoms with Crippen LogP contribution < -0.4 is 5.32 Å². The first-order valence-corrected chi connectivity index (χ1v) is 15.1. The first-order chi connectivity index (χ1) is 19.1. The lowest BCUT2D eigenvalue weighted by Crippen LogP contribution is -2.60. The number of rotatable bonds is 8. The van der Waals surface area contributed by atoms with E-state index in [1.807, 2.05) is 20.9 Å². The molecule has 0 bridgehead atoms. The van der Waals surface area contributed by atoms with Crippen molar-refractivity contribution in [3.8, 4) is 0 Å². The number of carbonyl (C=O) groups is 3. The molecule has 0 unspecified atom stereocenters. The number of sulfone groups is 1. The van der Waals surface area contributed by atoms with E-state index in [-0.39, 0.29) is 35.4 Å². The topological polar surface area (TPSA) is 104 Å². The Labute approximate surface area is 237 Å². The van der Waals surface area contributed by atoms with Crippen LogP contribution >= 0.6 is 0 Å². The summed E-state index contributed by atoms with van der Waals surface area (Å²) in [6, 6.07) is 10.6. The predicted molar refractivity (Wildman–Crippen MR) is 146 cm³/mol. The van der Waals surface area contributed by atoms with Crippen LogP contribution in [-0.4, -0.2) is 72.4 Å². The van der Waals surface area contributed by atoms with Gasteiger partial charge >= 0.3 is 6.18 Å². The molecule has 1 N–H and O–H groups in total. The van der Waals surface area contributed by atoms with Crippen molar-refractivity contribution in [1.29, 1.82) is 0 Å². The number of alkyl halides is 3. The first-order valence-electron chi connectivity index (χ1n) is 13.5. The Morgan fingerprint density at radius 1 is 1.07 bits per heavy atom. The summed E-state index contributed by atoms with van der Waals surface area (Å²) >= 11 is 0. The van der Waals surface area contributed by atoms with E-state index >= 15 is 0 Å². The quantitative estimate of drug-likeness (QED) is 0.463. The Kier molecular flexibility index (Phi) is 8.65. The predicted octanol–water partition coefficient (Wildman–Crippen LogP) is 4.06. The summed E-state index contributed by atoms with van der Waals surface area (Å²) in [5, 5.41) is 2.40. The Morgan fingerprint density at radius 2 is 1.71 bits per heavy atom. The second-order valence-electron chi connectivity index (χ2n) is 11.2. The van der Waals surface area contributed by atoms with Crippen LogP contribution in [0.3, 0.4) is 0 Å². The van der Waals surface area contributed by atoms with E-state index in [2.05, 4.69) is 10.2 Å². The number of carbonyl (C=O) groups excluding carboxylic acids is 3. The zero-order chi connectivity index (χ0) is 30.2. The lowest BCUT2D eigenvalue weighted by Gasteiger charge is -2.47. The van der Waals surface area contributed by atoms with Crippen molar-refractivity contribution >= 4 is 27.6 Å². The minimum absolute atomic E-state index is 0.0780. The number of benzene rings is 2. The fourth-order valence-corrected chi connectivity index (χ4v) is 7.65. The summed E-state index contributed by atoms with van der Waals surface area (Å²) < 4.78 is 66.5. The van der Waals surface area contributed by atoms with Gasteiger partial charge in [-0.15, -0.1) is 0 Å². The molecule has 222 valence electrons. The maximum Gasteiger partial charge on any atom is 0.416 e. The zero-order valence-electron chi connectivity index (χ0n) is 23.1. The molecule has 8 nitrogen and oxygen atoms in total. The molecule has 0 aromatic heterocycles. The molecule has 2 aromatic rings. The van der Waals surface area contributed by atoms with Crippen LogP contribution in [0.5, 0.6) is 0 Å². The fraction of sp³-hybridized carbons (Fsp3) is 0.483. The number of hydrogen-bond donors (Lipinski definition) is 1. The molecule has 3 amide bonds. The minimum atomic E-state index is -4.66. The van der Waals surface area contributed by atoms with E-state index in [0.29, 0.717) is 18.9 Å². The smallest absolute Gasteiger partial charge is 0.340 e. The molecule has 2 aliphatic rings. The summed E-state index contributed by atoms with van der Waals surface area (Å²) in [6.45, 7) is 4.10. The third-order valence-corrected chi connectivity index (χ3v) is 10.1. The monoisotopic (exact) mass is 593 g/mol. The van der Waals surface area contributed by atoms with E-state index < -0.39 is 63.1 Å². The van der Waals surface area contributed by atoms with Crippen LogP contribution in [0.4, 0.5) is 13.2 Å². The van der Waals surface area contributed by atoms with Gasteiger partial charge in [-0.3, -0.25) is 19.3 Å². The highest BCUT2D eigenvalue weighted by atomic mass is 32.2. The first kappa shape index (κ1) is 30.7. The van der Waals surface area contributed by atoms with Crippen molar-refractivity contribution in [1.82, 2.24) is 15.1 Å².